The zero-order valence-corrected chi connectivity index (χ0v) is 4.15. The van der Waals surface area contributed by atoms with E-state index in [0.717, 1.165) is 0 Å². The summed E-state index contributed by atoms with van der Waals surface area (Å²) in [5.74, 6) is -0.873. The summed E-state index contributed by atoms with van der Waals surface area (Å²) in [5.41, 5.74) is 4.53. The van der Waals surface area contributed by atoms with Crippen molar-refractivity contribution in [1.29, 1.82) is 0 Å². The largest absolute Gasteiger partial charge is 0.367 e. The van der Waals surface area contributed by atoms with E-state index in [4.69, 9.17) is 0 Å². The highest BCUT2D eigenvalue weighted by atomic mass is 19.1. The van der Waals surface area contributed by atoms with Gasteiger partial charge in [-0.2, -0.15) is 0 Å². The van der Waals surface area contributed by atoms with Crippen LogP contribution in [0.4, 0.5) is 4.39 Å². The Hall–Kier alpha value is -0.600. The average molecular weight is 105 g/mol. The quantitative estimate of drug-likeness (QED) is 0.536. The Kier molecular flexibility index (Phi) is 2.33. The van der Waals surface area contributed by atoms with Crippen LogP contribution >= 0.6 is 0 Å². The van der Waals surface area contributed by atoms with Crippen LogP contribution in [-0.4, -0.2) is 12.1 Å². The van der Waals surface area contributed by atoms with Crippen LogP contribution in [0.5, 0.6) is 0 Å². The molecular weight excluding hydrogens is 97.0 g/mol. The van der Waals surface area contributed by atoms with Gasteiger partial charge >= 0.3 is 0 Å². The molecule has 0 heterocycles. The first-order valence-electron chi connectivity index (χ1n) is 2.12. The van der Waals surface area contributed by atoms with Crippen molar-refractivity contribution in [2.24, 2.45) is 5.73 Å². The van der Waals surface area contributed by atoms with E-state index < -0.39 is 12.1 Å². The second kappa shape index (κ2) is 2.55. The van der Waals surface area contributed by atoms with E-state index in [1.807, 2.05) is 0 Å². The molecule has 2 N–H and O–H groups in total. The molecule has 0 aromatic rings. The summed E-state index contributed by atoms with van der Waals surface area (Å²) in [6, 6.07) is 0. The Bertz CT molecular complexity index is 74.1. The van der Waals surface area contributed by atoms with Crippen molar-refractivity contribution in [3.63, 3.8) is 0 Å². The van der Waals surface area contributed by atoms with Crippen molar-refractivity contribution in [1.82, 2.24) is 0 Å². The van der Waals surface area contributed by atoms with Gasteiger partial charge in [-0.25, -0.2) is 4.39 Å². The standard InChI is InChI=1S/C4H8FNO/c1-2-3(5)4(6)7/h3H,2H2,1H3,(H2,6,7)/t3-/m0/s1. The number of carbonyl (C=O) groups excluding carboxylic acids is 1. The Morgan fingerprint density at radius 3 is 2.43 bits per heavy atom. The van der Waals surface area contributed by atoms with E-state index in [1.165, 1.54) is 0 Å². The molecule has 0 saturated heterocycles. The fourth-order valence-corrected chi connectivity index (χ4v) is 0.201. The highest BCUT2D eigenvalue weighted by Gasteiger charge is 2.07. The minimum Gasteiger partial charge on any atom is -0.367 e. The lowest BCUT2D eigenvalue weighted by atomic mass is 10.3. The number of halogens is 1. The molecule has 0 aromatic carbocycles. The maximum absolute atomic E-state index is 11.8. The van der Waals surface area contributed by atoms with Gasteiger partial charge in [-0.3, -0.25) is 4.79 Å². The minimum atomic E-state index is -1.46. The molecule has 0 unspecified atom stereocenters. The first-order valence-corrected chi connectivity index (χ1v) is 2.12. The molecule has 0 aliphatic rings. The predicted molar refractivity (Wildman–Crippen MR) is 24.4 cm³/mol. The molecule has 3 heteroatoms. The molecule has 0 aromatic heterocycles. The van der Waals surface area contributed by atoms with Crippen LogP contribution < -0.4 is 5.73 Å². The summed E-state index contributed by atoms with van der Waals surface area (Å²) in [7, 11) is 0. The van der Waals surface area contributed by atoms with Crippen molar-refractivity contribution in [3.8, 4) is 0 Å². The third-order valence-electron chi connectivity index (χ3n) is 0.667. The number of carbonyl (C=O) groups is 1. The summed E-state index contributed by atoms with van der Waals surface area (Å²) < 4.78 is 11.8. The van der Waals surface area contributed by atoms with Gasteiger partial charge < -0.3 is 5.73 Å². The average Bonchev–Trinajstić information content (AvgIpc) is 1.65. The normalized spacial score (nSPS) is 13.4. The molecule has 0 aliphatic carbocycles. The van der Waals surface area contributed by atoms with Crippen LogP contribution in [-0.2, 0) is 4.79 Å². The van der Waals surface area contributed by atoms with Gasteiger partial charge in [-0.05, 0) is 6.42 Å². The van der Waals surface area contributed by atoms with Crippen LogP contribution in [0.3, 0.4) is 0 Å². The topological polar surface area (TPSA) is 43.1 Å². The highest BCUT2D eigenvalue weighted by Crippen LogP contribution is 1.92. The number of rotatable bonds is 2. The summed E-state index contributed by atoms with van der Waals surface area (Å²) in [6.45, 7) is 1.56. The first kappa shape index (κ1) is 6.40. The third kappa shape index (κ3) is 2.14. The highest BCUT2D eigenvalue weighted by molar-refractivity contribution is 5.78. The summed E-state index contributed by atoms with van der Waals surface area (Å²) in [6.07, 6.45) is -1.28. The van der Waals surface area contributed by atoms with Gasteiger partial charge in [0.15, 0.2) is 6.17 Å². The van der Waals surface area contributed by atoms with Crippen LogP contribution in [0.25, 0.3) is 0 Å². The molecule has 1 amide bonds. The smallest absolute Gasteiger partial charge is 0.251 e. The van der Waals surface area contributed by atoms with Crippen LogP contribution in [0.2, 0.25) is 0 Å². The number of hydrogen-bond donors (Lipinski definition) is 1. The Balaban J connectivity index is 3.34. The SMILES string of the molecule is CC[C@H](F)C(N)=O. The lowest BCUT2D eigenvalue weighted by molar-refractivity contribution is -0.122. The molecule has 0 bridgehead atoms. The second-order valence-electron chi connectivity index (χ2n) is 1.28. The molecule has 2 nitrogen and oxygen atoms in total. The van der Waals surface area contributed by atoms with Crippen molar-refractivity contribution >= 4 is 5.91 Å². The fraction of sp³-hybridized carbons (Fsp3) is 0.750. The van der Waals surface area contributed by atoms with Crippen molar-refractivity contribution in [2.75, 3.05) is 0 Å². The Labute approximate surface area is 41.5 Å². The zero-order chi connectivity index (χ0) is 5.86. The van der Waals surface area contributed by atoms with E-state index in [-0.39, 0.29) is 6.42 Å². The lowest BCUT2D eigenvalue weighted by Crippen LogP contribution is -2.23. The van der Waals surface area contributed by atoms with Gasteiger partial charge in [0.05, 0.1) is 0 Å². The zero-order valence-electron chi connectivity index (χ0n) is 4.15. The molecule has 1 atom stereocenters. The fourth-order valence-electron chi connectivity index (χ4n) is 0.201. The first-order chi connectivity index (χ1) is 3.18. The molecular formula is C4H8FNO. The van der Waals surface area contributed by atoms with Gasteiger partial charge in [0, 0.05) is 0 Å². The van der Waals surface area contributed by atoms with Crippen LogP contribution in [0.15, 0.2) is 0 Å². The van der Waals surface area contributed by atoms with Gasteiger partial charge in [-0.1, -0.05) is 6.92 Å². The van der Waals surface area contributed by atoms with Gasteiger partial charge in [0.2, 0.25) is 0 Å². The number of primary amides is 1. The van der Waals surface area contributed by atoms with Gasteiger partial charge in [0.25, 0.3) is 5.91 Å². The minimum absolute atomic E-state index is 0.176. The number of alkyl halides is 1. The molecule has 7 heavy (non-hydrogen) atoms. The second-order valence-corrected chi connectivity index (χ2v) is 1.28. The third-order valence-corrected chi connectivity index (χ3v) is 0.667. The van der Waals surface area contributed by atoms with Crippen LogP contribution in [0.1, 0.15) is 13.3 Å². The number of nitrogens with two attached hydrogens (primary N) is 1. The van der Waals surface area contributed by atoms with Gasteiger partial charge in [-0.15, -0.1) is 0 Å². The molecule has 0 rings (SSSR count). The van der Waals surface area contributed by atoms with E-state index in [0.29, 0.717) is 0 Å². The molecule has 0 saturated carbocycles. The molecule has 0 radical (unpaired) electrons. The monoisotopic (exact) mass is 105 g/mol. The Morgan fingerprint density at radius 1 is 2.00 bits per heavy atom. The molecule has 0 fully saturated rings. The number of hydrogen-bond acceptors (Lipinski definition) is 1. The lowest BCUT2D eigenvalue weighted by Gasteiger charge is -1.93. The van der Waals surface area contributed by atoms with Crippen LogP contribution in [0, 0.1) is 0 Å². The maximum Gasteiger partial charge on any atom is 0.251 e. The van der Waals surface area contributed by atoms with E-state index >= 15 is 0 Å². The summed E-state index contributed by atoms with van der Waals surface area (Å²) >= 11 is 0. The molecule has 42 valence electrons. The molecule has 0 spiro atoms. The van der Waals surface area contributed by atoms with E-state index in [9.17, 15) is 9.18 Å². The number of amides is 1. The Morgan fingerprint density at radius 2 is 2.43 bits per heavy atom. The predicted octanol–water partition coefficient (Wildman–Crippen LogP) is 0.220. The van der Waals surface area contributed by atoms with Crippen molar-refractivity contribution in [2.45, 2.75) is 19.5 Å². The molecule has 0 aliphatic heterocycles. The van der Waals surface area contributed by atoms with Crippen molar-refractivity contribution in [3.05, 3.63) is 0 Å². The van der Waals surface area contributed by atoms with Crippen molar-refractivity contribution < 1.29 is 9.18 Å². The van der Waals surface area contributed by atoms with E-state index in [1.54, 1.807) is 6.92 Å². The van der Waals surface area contributed by atoms with Gasteiger partial charge in [0.1, 0.15) is 0 Å². The summed E-state index contributed by atoms with van der Waals surface area (Å²) in [5, 5.41) is 0. The maximum atomic E-state index is 11.8. The van der Waals surface area contributed by atoms with E-state index in [2.05, 4.69) is 5.73 Å². The summed E-state index contributed by atoms with van der Waals surface area (Å²) in [4.78, 5) is 9.78.